The second-order valence-corrected chi connectivity index (χ2v) is 8.31. The Balaban J connectivity index is 2.96. The summed E-state index contributed by atoms with van der Waals surface area (Å²) < 4.78 is 0. The predicted molar refractivity (Wildman–Crippen MR) is 113 cm³/mol. The van der Waals surface area contributed by atoms with E-state index >= 15 is 0 Å². The number of aryl methyl sites for hydroxylation is 1. The van der Waals surface area contributed by atoms with E-state index in [4.69, 9.17) is 0 Å². The van der Waals surface area contributed by atoms with Gasteiger partial charge in [0.25, 0.3) is 0 Å². The molecule has 0 spiro atoms. The highest BCUT2D eigenvalue weighted by molar-refractivity contribution is 7.99. The van der Waals surface area contributed by atoms with Crippen molar-refractivity contribution in [1.29, 1.82) is 0 Å². The summed E-state index contributed by atoms with van der Waals surface area (Å²) in [6, 6.07) is 4.28. The molecule has 0 radical (unpaired) electrons. The highest BCUT2D eigenvalue weighted by atomic mass is 32.2. The van der Waals surface area contributed by atoms with E-state index < -0.39 is 6.09 Å². The first-order valence-corrected chi connectivity index (χ1v) is 11.7. The number of carbonyl (C=O) groups is 1. The highest BCUT2D eigenvalue weighted by Gasteiger charge is 2.24. The minimum atomic E-state index is -0.885. The summed E-state index contributed by atoms with van der Waals surface area (Å²) >= 11 is 3.27. The second kappa shape index (κ2) is 11.7. The number of amides is 1. The lowest BCUT2D eigenvalue weighted by atomic mass is 10.0. The lowest BCUT2D eigenvalue weighted by molar-refractivity contribution is 0.199. The summed E-state index contributed by atoms with van der Waals surface area (Å²) in [4.78, 5) is 15.4. The van der Waals surface area contributed by atoms with Gasteiger partial charge in [-0.25, -0.2) is 4.79 Å². The number of thioether (sulfide) groups is 2. The number of hydrogen-bond acceptors (Lipinski definition) is 3. The van der Waals surface area contributed by atoms with Crippen molar-refractivity contribution in [3.63, 3.8) is 0 Å². The van der Waals surface area contributed by atoms with Crippen LogP contribution >= 0.6 is 23.5 Å². The fourth-order valence-corrected chi connectivity index (χ4v) is 4.42. The van der Waals surface area contributed by atoms with Crippen molar-refractivity contribution in [2.75, 3.05) is 17.4 Å². The fourth-order valence-electron chi connectivity index (χ4n) is 3.01. The third kappa shape index (κ3) is 6.78. The third-order valence-corrected chi connectivity index (χ3v) is 5.82. The van der Waals surface area contributed by atoms with E-state index in [9.17, 15) is 9.90 Å². The Morgan fingerprint density at radius 3 is 2.00 bits per heavy atom. The monoisotopic (exact) mass is 383 g/mol. The molecule has 5 heteroatoms. The molecule has 0 aliphatic heterocycles. The topological polar surface area (TPSA) is 40.5 Å². The lowest BCUT2D eigenvalue weighted by Crippen LogP contribution is -2.36. The molecule has 1 N–H and O–H groups in total. The average molecular weight is 384 g/mol. The van der Waals surface area contributed by atoms with E-state index in [1.54, 1.807) is 23.5 Å². The zero-order chi connectivity index (χ0) is 18.8. The standard InChI is InChI=1S/C20H33NO2S2/c1-6-7-8-9-10-11-12-16-13-17(24-4)19(18(14-16)25-5)21(15(2)3)20(22)23/h13-15H,6-12H2,1-5H3,(H,22,23). The summed E-state index contributed by atoms with van der Waals surface area (Å²) in [5, 5.41) is 9.66. The molecule has 0 unspecified atom stereocenters. The molecule has 0 aliphatic rings. The number of benzene rings is 1. The number of unbranched alkanes of at least 4 members (excludes halogenated alkanes) is 5. The minimum absolute atomic E-state index is 0.0845. The largest absolute Gasteiger partial charge is 0.465 e. The van der Waals surface area contributed by atoms with Crippen molar-refractivity contribution >= 4 is 35.3 Å². The Bertz CT molecular complexity index is 521. The number of hydrogen-bond donors (Lipinski definition) is 1. The minimum Gasteiger partial charge on any atom is -0.465 e. The van der Waals surface area contributed by atoms with E-state index in [1.165, 1.54) is 49.0 Å². The van der Waals surface area contributed by atoms with Crippen molar-refractivity contribution in [2.24, 2.45) is 0 Å². The molecule has 0 fully saturated rings. The zero-order valence-corrected chi connectivity index (χ0v) is 17.9. The second-order valence-electron chi connectivity index (χ2n) is 6.61. The normalized spacial score (nSPS) is 11.1. The van der Waals surface area contributed by atoms with Gasteiger partial charge in [-0.1, -0.05) is 39.0 Å². The van der Waals surface area contributed by atoms with Crippen LogP contribution in [0.1, 0.15) is 64.9 Å². The van der Waals surface area contributed by atoms with Crippen LogP contribution in [0.15, 0.2) is 21.9 Å². The molecular weight excluding hydrogens is 350 g/mol. The van der Waals surface area contributed by atoms with E-state index in [1.807, 2.05) is 26.4 Å². The maximum absolute atomic E-state index is 11.8. The summed E-state index contributed by atoms with van der Waals surface area (Å²) in [5.74, 6) is 0. The van der Waals surface area contributed by atoms with Crippen LogP contribution in [0, 0.1) is 0 Å². The molecule has 0 saturated heterocycles. The Morgan fingerprint density at radius 1 is 1.04 bits per heavy atom. The van der Waals surface area contributed by atoms with Crippen LogP contribution in [0.4, 0.5) is 10.5 Å². The van der Waals surface area contributed by atoms with Gasteiger partial charge in [0.15, 0.2) is 0 Å². The molecule has 142 valence electrons. The summed E-state index contributed by atoms with van der Waals surface area (Å²) in [6.07, 6.45) is 12.0. The van der Waals surface area contributed by atoms with Crippen LogP contribution in [0.2, 0.25) is 0 Å². The number of nitrogens with zero attached hydrogens (tertiary/aromatic N) is 1. The molecule has 0 saturated carbocycles. The number of anilines is 1. The van der Waals surface area contributed by atoms with Gasteiger partial charge in [-0.15, -0.1) is 23.5 Å². The molecule has 1 aromatic carbocycles. The van der Waals surface area contributed by atoms with Gasteiger partial charge in [-0.3, -0.25) is 4.90 Å². The zero-order valence-electron chi connectivity index (χ0n) is 16.3. The van der Waals surface area contributed by atoms with Gasteiger partial charge in [-0.05, 0) is 56.9 Å². The third-order valence-electron chi connectivity index (χ3n) is 4.32. The number of carboxylic acid groups (broad SMARTS) is 1. The van der Waals surface area contributed by atoms with Crippen LogP contribution in [0.3, 0.4) is 0 Å². The molecule has 3 nitrogen and oxygen atoms in total. The van der Waals surface area contributed by atoms with Crippen LogP contribution in [0.25, 0.3) is 0 Å². The van der Waals surface area contributed by atoms with E-state index in [0.29, 0.717) is 0 Å². The molecule has 1 aromatic rings. The van der Waals surface area contributed by atoms with E-state index in [2.05, 4.69) is 19.1 Å². The number of rotatable bonds is 11. The van der Waals surface area contributed by atoms with Gasteiger partial charge in [0.2, 0.25) is 0 Å². The highest BCUT2D eigenvalue weighted by Crippen LogP contribution is 2.39. The van der Waals surface area contributed by atoms with Crippen LogP contribution in [-0.2, 0) is 6.42 Å². The van der Waals surface area contributed by atoms with Gasteiger partial charge >= 0.3 is 6.09 Å². The first-order valence-electron chi connectivity index (χ1n) is 9.23. The molecule has 1 rings (SSSR count). The van der Waals surface area contributed by atoms with E-state index in [-0.39, 0.29) is 6.04 Å². The van der Waals surface area contributed by atoms with E-state index in [0.717, 1.165) is 21.9 Å². The first-order chi connectivity index (χ1) is 12.0. The summed E-state index contributed by atoms with van der Waals surface area (Å²) in [6.45, 7) is 6.09. The SMILES string of the molecule is CCCCCCCCc1cc(SC)c(N(C(=O)O)C(C)C)c(SC)c1. The van der Waals surface area contributed by atoms with Crippen molar-refractivity contribution in [3.8, 4) is 0 Å². The van der Waals surface area contributed by atoms with Gasteiger partial charge in [-0.2, -0.15) is 0 Å². The van der Waals surface area contributed by atoms with Crippen molar-refractivity contribution in [3.05, 3.63) is 17.7 Å². The molecule has 0 aromatic heterocycles. The maximum atomic E-state index is 11.8. The molecule has 1 amide bonds. The Kier molecular flexibility index (Phi) is 10.4. The predicted octanol–water partition coefficient (Wildman–Crippen LogP) is 6.93. The van der Waals surface area contributed by atoms with Gasteiger partial charge < -0.3 is 5.11 Å². The molecular formula is C20H33NO2S2. The maximum Gasteiger partial charge on any atom is 0.412 e. The van der Waals surface area contributed by atoms with Crippen molar-refractivity contribution in [1.82, 2.24) is 0 Å². The Hall–Kier alpha value is -0.810. The lowest BCUT2D eigenvalue weighted by Gasteiger charge is -2.28. The molecule has 0 heterocycles. The average Bonchev–Trinajstić information content (AvgIpc) is 2.57. The van der Waals surface area contributed by atoms with Gasteiger partial charge in [0.1, 0.15) is 0 Å². The molecule has 0 bridgehead atoms. The van der Waals surface area contributed by atoms with Gasteiger partial charge in [0, 0.05) is 15.8 Å². The summed E-state index contributed by atoms with van der Waals surface area (Å²) in [7, 11) is 0. The first kappa shape index (κ1) is 22.2. The van der Waals surface area contributed by atoms with Gasteiger partial charge in [0.05, 0.1) is 5.69 Å². The molecule has 25 heavy (non-hydrogen) atoms. The molecule has 0 aliphatic carbocycles. The fraction of sp³-hybridized carbons (Fsp3) is 0.650. The van der Waals surface area contributed by atoms with Crippen molar-refractivity contribution in [2.45, 2.75) is 81.5 Å². The van der Waals surface area contributed by atoms with Crippen LogP contribution < -0.4 is 4.90 Å². The molecule has 0 atom stereocenters. The Labute approximate surface area is 162 Å². The van der Waals surface area contributed by atoms with Crippen molar-refractivity contribution < 1.29 is 9.90 Å². The van der Waals surface area contributed by atoms with Crippen LogP contribution in [-0.4, -0.2) is 29.8 Å². The summed E-state index contributed by atoms with van der Waals surface area (Å²) in [5.41, 5.74) is 2.16. The van der Waals surface area contributed by atoms with Crippen LogP contribution in [0.5, 0.6) is 0 Å². The Morgan fingerprint density at radius 2 is 1.56 bits per heavy atom. The smallest absolute Gasteiger partial charge is 0.412 e. The quantitative estimate of drug-likeness (QED) is 0.332.